The van der Waals surface area contributed by atoms with Crippen LogP contribution in [0.2, 0.25) is 0 Å². The normalized spacial score (nSPS) is 11.8. The molecule has 0 aliphatic carbocycles. The lowest BCUT2D eigenvalue weighted by atomic mass is 10.0. The van der Waals surface area contributed by atoms with Gasteiger partial charge in [0.2, 0.25) is 0 Å². The summed E-state index contributed by atoms with van der Waals surface area (Å²) in [4.78, 5) is 1.36. The number of thiophene rings is 2. The van der Waals surface area contributed by atoms with E-state index in [2.05, 4.69) is 43.3 Å². The van der Waals surface area contributed by atoms with E-state index in [4.69, 9.17) is 5.73 Å². The largest absolute Gasteiger partial charge is 0.391 e. The second-order valence-corrected chi connectivity index (χ2v) is 6.96. The van der Waals surface area contributed by atoms with Crippen LogP contribution in [0.15, 0.2) is 36.4 Å². The van der Waals surface area contributed by atoms with E-state index < -0.39 is 0 Å². The van der Waals surface area contributed by atoms with E-state index in [0.29, 0.717) is 0 Å². The molecular formula is C15H11NS2. The lowest BCUT2D eigenvalue weighted by molar-refractivity contribution is 1.66. The molecule has 2 heterocycles. The summed E-state index contributed by atoms with van der Waals surface area (Å²) in [6, 6.07) is 13.2. The van der Waals surface area contributed by atoms with E-state index in [0.717, 1.165) is 5.00 Å². The maximum absolute atomic E-state index is 5.92. The zero-order chi connectivity index (χ0) is 12.3. The molecular weight excluding hydrogens is 258 g/mol. The molecule has 0 unspecified atom stereocenters. The average Bonchev–Trinajstić information content (AvgIpc) is 2.89. The highest BCUT2D eigenvalue weighted by Gasteiger charge is 2.08. The third-order valence-electron chi connectivity index (χ3n) is 3.34. The first kappa shape index (κ1) is 10.4. The number of hydrogen-bond acceptors (Lipinski definition) is 3. The van der Waals surface area contributed by atoms with Gasteiger partial charge in [-0.3, -0.25) is 0 Å². The first-order valence-electron chi connectivity index (χ1n) is 5.83. The lowest BCUT2D eigenvalue weighted by Gasteiger charge is -2.01. The monoisotopic (exact) mass is 269 g/mol. The highest BCUT2D eigenvalue weighted by molar-refractivity contribution is 7.22. The second kappa shape index (κ2) is 3.46. The molecule has 0 saturated carbocycles. The van der Waals surface area contributed by atoms with Crippen molar-refractivity contribution in [2.75, 3.05) is 5.73 Å². The van der Waals surface area contributed by atoms with Crippen LogP contribution in [0.3, 0.4) is 0 Å². The fourth-order valence-electron chi connectivity index (χ4n) is 2.59. The van der Waals surface area contributed by atoms with Crippen LogP contribution in [0.25, 0.3) is 30.9 Å². The van der Waals surface area contributed by atoms with Gasteiger partial charge >= 0.3 is 0 Å². The van der Waals surface area contributed by atoms with Crippen LogP contribution in [0.4, 0.5) is 5.00 Å². The maximum Gasteiger partial charge on any atom is 0.0869 e. The van der Waals surface area contributed by atoms with Crippen molar-refractivity contribution in [2.45, 2.75) is 6.92 Å². The minimum Gasteiger partial charge on any atom is -0.391 e. The van der Waals surface area contributed by atoms with Crippen LogP contribution in [-0.4, -0.2) is 0 Å². The number of fused-ring (bicyclic) bond motifs is 5. The Kier molecular flexibility index (Phi) is 1.99. The van der Waals surface area contributed by atoms with Crippen molar-refractivity contribution < 1.29 is 0 Å². The molecule has 0 aliphatic rings. The number of hydrogen-bond donors (Lipinski definition) is 1. The average molecular weight is 269 g/mol. The lowest BCUT2D eigenvalue weighted by Crippen LogP contribution is -1.75. The van der Waals surface area contributed by atoms with Crippen molar-refractivity contribution in [3.63, 3.8) is 0 Å². The van der Waals surface area contributed by atoms with E-state index in [1.807, 2.05) is 11.3 Å². The maximum atomic E-state index is 5.92. The summed E-state index contributed by atoms with van der Waals surface area (Å²) in [7, 11) is 0. The molecule has 2 aromatic carbocycles. The Balaban J connectivity index is 2.29. The molecule has 0 saturated heterocycles. The second-order valence-electron chi connectivity index (χ2n) is 4.56. The first-order chi connectivity index (χ1) is 8.72. The van der Waals surface area contributed by atoms with Gasteiger partial charge in [-0.05, 0) is 42.0 Å². The van der Waals surface area contributed by atoms with Gasteiger partial charge in [0.15, 0.2) is 0 Å². The zero-order valence-electron chi connectivity index (χ0n) is 9.86. The van der Waals surface area contributed by atoms with Gasteiger partial charge in [0.25, 0.3) is 0 Å². The van der Waals surface area contributed by atoms with E-state index >= 15 is 0 Å². The van der Waals surface area contributed by atoms with Crippen LogP contribution in [-0.2, 0) is 0 Å². The number of rotatable bonds is 0. The van der Waals surface area contributed by atoms with Gasteiger partial charge in [-0.2, -0.15) is 0 Å². The molecule has 2 N–H and O–H groups in total. The van der Waals surface area contributed by atoms with Crippen molar-refractivity contribution in [3.05, 3.63) is 41.3 Å². The fourth-order valence-corrected chi connectivity index (χ4v) is 4.38. The van der Waals surface area contributed by atoms with Gasteiger partial charge in [-0.15, -0.1) is 22.7 Å². The Morgan fingerprint density at radius 2 is 1.39 bits per heavy atom. The zero-order valence-corrected chi connectivity index (χ0v) is 11.5. The van der Waals surface area contributed by atoms with Gasteiger partial charge < -0.3 is 5.73 Å². The molecule has 18 heavy (non-hydrogen) atoms. The first-order valence-corrected chi connectivity index (χ1v) is 7.46. The molecule has 1 nitrogen and oxygen atoms in total. The van der Waals surface area contributed by atoms with Gasteiger partial charge in [0.1, 0.15) is 0 Å². The third kappa shape index (κ3) is 1.32. The smallest absolute Gasteiger partial charge is 0.0869 e. The molecule has 0 radical (unpaired) electrons. The Morgan fingerprint density at radius 1 is 0.778 bits per heavy atom. The standard InChI is InChI=1S/C15H11NS2/c1-8-6-11-9-3-5-14-12(7-15(16)18-14)10(9)2-4-13(11)17-8/h2-7H,16H2,1H3. The SMILES string of the molecule is Cc1cc2c(ccc3c4cc(N)sc4ccc23)s1. The van der Waals surface area contributed by atoms with Gasteiger partial charge in [-0.25, -0.2) is 0 Å². The van der Waals surface area contributed by atoms with Gasteiger partial charge in [-0.1, -0.05) is 12.1 Å². The van der Waals surface area contributed by atoms with E-state index in [9.17, 15) is 0 Å². The number of nitrogen functional groups attached to an aromatic ring is 1. The highest BCUT2D eigenvalue weighted by Crippen LogP contribution is 2.38. The summed E-state index contributed by atoms with van der Waals surface area (Å²) in [6.45, 7) is 2.16. The summed E-state index contributed by atoms with van der Waals surface area (Å²) in [6.07, 6.45) is 0. The topological polar surface area (TPSA) is 26.0 Å². The molecule has 4 aromatic rings. The van der Waals surface area contributed by atoms with E-state index in [1.165, 1.54) is 35.8 Å². The minimum atomic E-state index is 0.888. The number of nitrogens with two attached hydrogens (primary N) is 1. The number of anilines is 1. The molecule has 0 bridgehead atoms. The van der Waals surface area contributed by atoms with Crippen molar-refractivity contribution in [1.29, 1.82) is 0 Å². The molecule has 0 amide bonds. The molecule has 0 aliphatic heterocycles. The van der Waals surface area contributed by atoms with Crippen LogP contribution in [0.1, 0.15) is 4.88 Å². The summed E-state index contributed by atoms with van der Waals surface area (Å²) < 4.78 is 2.63. The van der Waals surface area contributed by atoms with Crippen LogP contribution in [0, 0.1) is 6.92 Å². The Morgan fingerprint density at radius 3 is 2.11 bits per heavy atom. The summed E-state index contributed by atoms with van der Waals surface area (Å²) in [5.74, 6) is 0. The van der Waals surface area contributed by atoms with Gasteiger partial charge in [0, 0.05) is 25.0 Å². The van der Waals surface area contributed by atoms with Crippen molar-refractivity contribution in [2.24, 2.45) is 0 Å². The minimum absolute atomic E-state index is 0.888. The third-order valence-corrected chi connectivity index (χ3v) is 5.28. The van der Waals surface area contributed by atoms with Crippen LogP contribution >= 0.6 is 22.7 Å². The number of benzene rings is 2. The molecule has 88 valence electrons. The molecule has 0 fully saturated rings. The van der Waals surface area contributed by atoms with Crippen molar-refractivity contribution in [1.82, 2.24) is 0 Å². The Labute approximate surface area is 112 Å². The summed E-state index contributed by atoms with van der Waals surface area (Å²) in [5, 5.41) is 6.18. The van der Waals surface area contributed by atoms with Crippen molar-refractivity contribution >= 4 is 58.6 Å². The Bertz CT molecular complexity index is 823. The summed E-state index contributed by atoms with van der Waals surface area (Å²) in [5.41, 5.74) is 5.92. The van der Waals surface area contributed by atoms with Crippen LogP contribution < -0.4 is 5.73 Å². The van der Waals surface area contributed by atoms with E-state index in [1.54, 1.807) is 11.3 Å². The fraction of sp³-hybridized carbons (Fsp3) is 0.0667. The molecule has 3 heteroatoms. The quantitative estimate of drug-likeness (QED) is 0.469. The molecule has 0 atom stereocenters. The highest BCUT2D eigenvalue weighted by atomic mass is 32.1. The van der Waals surface area contributed by atoms with Crippen molar-refractivity contribution in [3.8, 4) is 0 Å². The van der Waals surface area contributed by atoms with Crippen LogP contribution in [0.5, 0.6) is 0 Å². The number of aryl methyl sites for hydroxylation is 1. The predicted molar refractivity (Wildman–Crippen MR) is 83.9 cm³/mol. The molecule has 0 spiro atoms. The molecule has 2 aromatic heterocycles. The van der Waals surface area contributed by atoms with Gasteiger partial charge in [0.05, 0.1) is 5.00 Å². The summed E-state index contributed by atoms with van der Waals surface area (Å²) >= 11 is 3.51. The molecule has 4 rings (SSSR count). The predicted octanol–water partition coefficient (Wildman–Crippen LogP) is 5.16. The van der Waals surface area contributed by atoms with E-state index in [-0.39, 0.29) is 0 Å². The Hall–Kier alpha value is -1.58.